The summed E-state index contributed by atoms with van der Waals surface area (Å²) >= 11 is 0. The van der Waals surface area contributed by atoms with Crippen molar-refractivity contribution in [2.45, 2.75) is 25.2 Å². The molecule has 4 heteroatoms. The number of rotatable bonds is 3. The number of carbonyl (C=O) groups excluding carboxylic acids is 1. The normalized spacial score (nSPS) is 19.1. The molecule has 19 heavy (non-hydrogen) atoms. The fourth-order valence-corrected chi connectivity index (χ4v) is 2.65. The molecule has 3 nitrogen and oxygen atoms in total. The molecule has 0 aliphatic carbocycles. The van der Waals surface area contributed by atoms with Gasteiger partial charge >= 0.3 is 5.97 Å². The number of esters is 1. The van der Waals surface area contributed by atoms with E-state index in [0.29, 0.717) is 19.4 Å². The van der Waals surface area contributed by atoms with Gasteiger partial charge in [0.2, 0.25) is 0 Å². The molecule has 1 aromatic carbocycles. The summed E-state index contributed by atoms with van der Waals surface area (Å²) in [5.74, 6) is -0.467. The van der Waals surface area contributed by atoms with Gasteiger partial charge in [0, 0.05) is 0 Å². The Morgan fingerprint density at radius 1 is 1.32 bits per heavy atom. The third-order valence-electron chi connectivity index (χ3n) is 3.90. The summed E-state index contributed by atoms with van der Waals surface area (Å²) in [6.07, 6.45) is 1.43. The van der Waals surface area contributed by atoms with Crippen LogP contribution in [0.15, 0.2) is 24.3 Å². The zero-order valence-corrected chi connectivity index (χ0v) is 11.5. The monoisotopic (exact) mass is 264 g/mol. The Kier molecular flexibility index (Phi) is 4.20. The van der Waals surface area contributed by atoms with Crippen LogP contribution in [0, 0.1) is 5.82 Å². The Hall–Kier alpha value is -1.42. The Morgan fingerprint density at radius 3 is 2.42 bits per heavy atom. The summed E-state index contributed by atoms with van der Waals surface area (Å²) in [6, 6.07) is 6.23. The minimum atomic E-state index is -0.615. The van der Waals surface area contributed by atoms with E-state index in [1.807, 2.05) is 14.0 Å². The molecule has 0 N–H and O–H groups in total. The van der Waals surface area contributed by atoms with Crippen molar-refractivity contribution in [3.8, 4) is 0 Å². The van der Waals surface area contributed by atoms with Gasteiger partial charge in [-0.25, -0.2) is 4.39 Å². The van der Waals surface area contributed by atoms with Gasteiger partial charge in [-0.2, -0.15) is 0 Å². The maximum atomic E-state index is 13.1. The van der Waals surface area contributed by atoms with Gasteiger partial charge in [0.15, 0.2) is 0 Å². The van der Waals surface area contributed by atoms with Gasteiger partial charge in [-0.3, -0.25) is 4.79 Å². The third kappa shape index (κ3) is 2.78. The number of carbonyl (C=O) groups is 1. The number of hydrogen-bond acceptors (Lipinski definition) is 3. The van der Waals surface area contributed by atoms with Gasteiger partial charge in [-0.15, -0.1) is 0 Å². The second-order valence-electron chi connectivity index (χ2n) is 5.11. The number of piperidine rings is 1. The summed E-state index contributed by atoms with van der Waals surface area (Å²) in [4.78, 5) is 14.6. The molecular weight excluding hydrogens is 244 g/mol. The summed E-state index contributed by atoms with van der Waals surface area (Å²) < 4.78 is 18.3. The summed E-state index contributed by atoms with van der Waals surface area (Å²) in [7, 11) is 2.04. The summed E-state index contributed by atoms with van der Waals surface area (Å²) in [6.45, 7) is 3.87. The Balaban J connectivity index is 2.33. The zero-order valence-electron chi connectivity index (χ0n) is 11.5. The standard InChI is InChI=1S/C15H20FNO2/c1-3-19-14(18)15(8-10-17(2)11-9-15)12-4-6-13(16)7-5-12/h4-7H,3,8-11H2,1-2H3/i16-1. The molecule has 1 aromatic rings. The highest BCUT2D eigenvalue weighted by atomic mass is 18.2. The molecule has 0 unspecified atom stereocenters. The molecule has 1 heterocycles. The second kappa shape index (κ2) is 5.70. The first-order chi connectivity index (χ1) is 9.08. The van der Waals surface area contributed by atoms with Crippen LogP contribution in [0.25, 0.3) is 0 Å². The third-order valence-corrected chi connectivity index (χ3v) is 3.90. The molecule has 0 atom stereocenters. The largest absolute Gasteiger partial charge is 0.465 e. The number of benzene rings is 1. The van der Waals surface area contributed by atoms with Crippen LogP contribution < -0.4 is 0 Å². The number of ether oxygens (including phenoxy) is 1. The molecule has 0 radical (unpaired) electrons. The smallest absolute Gasteiger partial charge is 0.316 e. The molecule has 0 spiro atoms. The Morgan fingerprint density at radius 2 is 1.89 bits per heavy atom. The number of hydrogen-bond donors (Lipinski definition) is 0. The zero-order chi connectivity index (χ0) is 13.9. The van der Waals surface area contributed by atoms with Crippen LogP contribution in [0.1, 0.15) is 25.3 Å². The first-order valence-corrected chi connectivity index (χ1v) is 6.70. The predicted octanol–water partition coefficient (Wildman–Crippen LogP) is 2.35. The number of nitrogens with zero attached hydrogens (tertiary/aromatic N) is 1. The topological polar surface area (TPSA) is 29.5 Å². The van der Waals surface area contributed by atoms with Crippen LogP contribution in [0.2, 0.25) is 0 Å². The van der Waals surface area contributed by atoms with Crippen molar-refractivity contribution in [3.63, 3.8) is 0 Å². The van der Waals surface area contributed by atoms with Crippen molar-refractivity contribution in [3.05, 3.63) is 35.6 Å². The molecule has 0 saturated carbocycles. The maximum Gasteiger partial charge on any atom is 0.316 e. The molecule has 0 bridgehead atoms. The van der Waals surface area contributed by atoms with Gasteiger partial charge in [-0.05, 0) is 57.6 Å². The second-order valence-corrected chi connectivity index (χ2v) is 5.11. The molecule has 1 aliphatic heterocycles. The lowest BCUT2D eigenvalue weighted by Crippen LogP contribution is -2.47. The van der Waals surface area contributed by atoms with E-state index in [9.17, 15) is 9.18 Å². The summed E-state index contributed by atoms with van der Waals surface area (Å²) in [5, 5.41) is 0. The fraction of sp³-hybridized carbons (Fsp3) is 0.533. The van der Waals surface area contributed by atoms with E-state index in [1.165, 1.54) is 12.1 Å². The van der Waals surface area contributed by atoms with Gasteiger partial charge in [0.25, 0.3) is 0 Å². The lowest BCUT2D eigenvalue weighted by Gasteiger charge is -2.38. The average molecular weight is 264 g/mol. The van der Waals surface area contributed by atoms with Crippen LogP contribution in [0.4, 0.5) is 4.39 Å². The summed E-state index contributed by atoms with van der Waals surface area (Å²) in [5.41, 5.74) is 0.247. The number of halogens is 1. The number of likely N-dealkylation sites (tertiary alicyclic amines) is 1. The minimum Gasteiger partial charge on any atom is -0.465 e. The van der Waals surface area contributed by atoms with Crippen molar-refractivity contribution >= 4 is 5.97 Å². The predicted molar refractivity (Wildman–Crippen MR) is 71.4 cm³/mol. The highest BCUT2D eigenvalue weighted by Crippen LogP contribution is 2.36. The van der Waals surface area contributed by atoms with Crippen LogP contribution in [-0.2, 0) is 14.9 Å². The first kappa shape index (κ1) is 14.0. The van der Waals surface area contributed by atoms with Crippen LogP contribution >= 0.6 is 0 Å². The van der Waals surface area contributed by atoms with E-state index >= 15 is 0 Å². The van der Waals surface area contributed by atoms with Gasteiger partial charge in [-0.1, -0.05) is 12.1 Å². The van der Waals surface area contributed by atoms with Crippen LogP contribution in [0.5, 0.6) is 0 Å². The molecule has 0 aromatic heterocycles. The lowest BCUT2D eigenvalue weighted by atomic mass is 9.73. The van der Waals surface area contributed by atoms with E-state index in [1.54, 1.807) is 12.1 Å². The molecule has 2 rings (SSSR count). The fourth-order valence-electron chi connectivity index (χ4n) is 2.65. The maximum absolute atomic E-state index is 13.1. The average Bonchev–Trinajstić information content (AvgIpc) is 2.41. The van der Waals surface area contributed by atoms with Crippen molar-refractivity contribution < 1.29 is 13.9 Å². The molecule has 1 saturated heterocycles. The van der Waals surface area contributed by atoms with E-state index in [-0.39, 0.29) is 11.8 Å². The quantitative estimate of drug-likeness (QED) is 0.785. The minimum absolute atomic E-state index is 0.185. The molecule has 1 fully saturated rings. The highest BCUT2D eigenvalue weighted by Gasteiger charge is 2.43. The van der Waals surface area contributed by atoms with Gasteiger partial charge < -0.3 is 9.64 Å². The SMILES string of the molecule is CCOC(=O)C1(c2ccc([18F])cc2)CCN(C)CC1. The molecule has 0 amide bonds. The Bertz CT molecular complexity index is 436. The first-order valence-electron chi connectivity index (χ1n) is 6.70. The Labute approximate surface area is 113 Å². The van der Waals surface area contributed by atoms with Crippen molar-refractivity contribution in [2.24, 2.45) is 0 Å². The molecule has 1 aliphatic rings. The van der Waals surface area contributed by atoms with Crippen LogP contribution in [0.3, 0.4) is 0 Å². The highest BCUT2D eigenvalue weighted by molar-refractivity contribution is 5.83. The van der Waals surface area contributed by atoms with Gasteiger partial charge in [0.05, 0.1) is 12.0 Å². The molecule has 104 valence electrons. The van der Waals surface area contributed by atoms with E-state index < -0.39 is 5.41 Å². The van der Waals surface area contributed by atoms with E-state index in [0.717, 1.165) is 18.7 Å². The lowest BCUT2D eigenvalue weighted by molar-refractivity contribution is -0.152. The van der Waals surface area contributed by atoms with Crippen molar-refractivity contribution in [1.82, 2.24) is 4.90 Å². The van der Waals surface area contributed by atoms with Crippen molar-refractivity contribution in [1.29, 1.82) is 0 Å². The molecular formula is C15H20FNO2. The van der Waals surface area contributed by atoms with E-state index in [2.05, 4.69) is 4.90 Å². The van der Waals surface area contributed by atoms with E-state index in [4.69, 9.17) is 4.74 Å². The van der Waals surface area contributed by atoms with Gasteiger partial charge in [0.1, 0.15) is 5.82 Å². The van der Waals surface area contributed by atoms with Crippen molar-refractivity contribution in [2.75, 3.05) is 26.7 Å². The van der Waals surface area contributed by atoms with Crippen LogP contribution in [-0.4, -0.2) is 37.6 Å².